The molecule has 0 radical (unpaired) electrons. The Kier molecular flexibility index (Phi) is 4.71. The zero-order valence-electron chi connectivity index (χ0n) is 16.2. The lowest BCUT2D eigenvalue weighted by Gasteiger charge is -2.33. The van der Waals surface area contributed by atoms with E-state index in [0.29, 0.717) is 24.1 Å². The lowest BCUT2D eigenvalue weighted by molar-refractivity contribution is 0.0917. The molecule has 2 saturated carbocycles. The molecule has 29 heavy (non-hydrogen) atoms. The third-order valence-corrected chi connectivity index (χ3v) is 5.73. The SMILES string of the molecule is O=C(NC1CCC1)c1ccncc1N1CC(Nc2cncnc2)=CC=C1C1CC1. The second kappa shape index (κ2) is 7.66. The summed E-state index contributed by atoms with van der Waals surface area (Å²) in [5.74, 6) is 0.540. The fraction of sp³-hybridized carbons (Fsp3) is 0.364. The van der Waals surface area contributed by atoms with E-state index in [9.17, 15) is 4.79 Å². The molecular formula is C22H24N6O. The molecule has 0 spiro atoms. The average molecular weight is 388 g/mol. The Balaban J connectivity index is 1.42. The van der Waals surface area contributed by atoms with Gasteiger partial charge in [0.2, 0.25) is 0 Å². The molecular weight excluding hydrogens is 364 g/mol. The Hall–Kier alpha value is -3.22. The number of amides is 1. The summed E-state index contributed by atoms with van der Waals surface area (Å²) in [6.45, 7) is 0.645. The van der Waals surface area contributed by atoms with Crippen LogP contribution in [0.1, 0.15) is 42.5 Å². The zero-order valence-corrected chi connectivity index (χ0v) is 16.2. The second-order valence-electron chi connectivity index (χ2n) is 7.89. The fourth-order valence-electron chi connectivity index (χ4n) is 3.79. The summed E-state index contributed by atoms with van der Waals surface area (Å²) in [4.78, 5) is 27.6. The highest BCUT2D eigenvalue weighted by atomic mass is 16.1. The Morgan fingerprint density at radius 1 is 1.03 bits per heavy atom. The fourth-order valence-corrected chi connectivity index (χ4v) is 3.79. The molecule has 0 atom stereocenters. The molecule has 2 aromatic heterocycles. The van der Waals surface area contributed by atoms with Gasteiger partial charge in [-0.25, -0.2) is 9.97 Å². The molecule has 148 valence electrons. The first-order chi connectivity index (χ1) is 14.3. The van der Waals surface area contributed by atoms with Gasteiger partial charge in [0.25, 0.3) is 5.91 Å². The summed E-state index contributed by atoms with van der Waals surface area (Å²) in [5.41, 5.74) is 4.67. The van der Waals surface area contributed by atoms with Gasteiger partial charge < -0.3 is 15.5 Å². The number of allylic oxidation sites excluding steroid dienone is 3. The van der Waals surface area contributed by atoms with Crippen molar-refractivity contribution in [1.82, 2.24) is 20.3 Å². The Morgan fingerprint density at radius 2 is 1.86 bits per heavy atom. The van der Waals surface area contributed by atoms with Gasteiger partial charge in [0, 0.05) is 23.6 Å². The average Bonchev–Trinajstić information content (AvgIpc) is 3.56. The number of aromatic nitrogens is 3. The number of pyridine rings is 1. The maximum Gasteiger partial charge on any atom is 0.253 e. The molecule has 1 aliphatic heterocycles. The minimum Gasteiger partial charge on any atom is -0.355 e. The van der Waals surface area contributed by atoms with Gasteiger partial charge in [-0.15, -0.1) is 0 Å². The smallest absolute Gasteiger partial charge is 0.253 e. The number of rotatable bonds is 6. The second-order valence-corrected chi connectivity index (χ2v) is 7.89. The molecule has 0 aromatic carbocycles. The van der Waals surface area contributed by atoms with Gasteiger partial charge in [-0.2, -0.15) is 0 Å². The first-order valence-electron chi connectivity index (χ1n) is 10.2. The molecule has 7 heteroatoms. The number of nitrogens with zero attached hydrogens (tertiary/aromatic N) is 4. The molecule has 3 heterocycles. The Labute approximate surface area is 170 Å². The normalized spacial score (nSPS) is 19.1. The lowest BCUT2D eigenvalue weighted by atomic mass is 9.93. The highest BCUT2D eigenvalue weighted by molar-refractivity contribution is 6.00. The summed E-state index contributed by atoms with van der Waals surface area (Å²) in [5, 5.41) is 6.55. The molecule has 3 aliphatic rings. The van der Waals surface area contributed by atoms with Crippen LogP contribution < -0.4 is 15.5 Å². The van der Waals surface area contributed by atoms with Crippen LogP contribution in [-0.4, -0.2) is 33.4 Å². The third kappa shape index (κ3) is 3.85. The van der Waals surface area contributed by atoms with E-state index < -0.39 is 0 Å². The topological polar surface area (TPSA) is 83.0 Å². The predicted octanol–water partition coefficient (Wildman–Crippen LogP) is 3.26. The van der Waals surface area contributed by atoms with Gasteiger partial charge >= 0.3 is 0 Å². The highest BCUT2D eigenvalue weighted by Crippen LogP contribution is 2.42. The largest absolute Gasteiger partial charge is 0.355 e. The van der Waals surface area contributed by atoms with Crippen LogP contribution in [0.5, 0.6) is 0 Å². The van der Waals surface area contributed by atoms with Crippen molar-refractivity contribution in [3.63, 3.8) is 0 Å². The lowest BCUT2D eigenvalue weighted by Crippen LogP contribution is -2.40. The molecule has 1 amide bonds. The van der Waals surface area contributed by atoms with Gasteiger partial charge in [0.05, 0.1) is 42.1 Å². The quantitative estimate of drug-likeness (QED) is 0.790. The maximum atomic E-state index is 12.9. The number of nitrogens with one attached hydrogen (secondary N) is 2. The number of carbonyl (C=O) groups is 1. The monoisotopic (exact) mass is 388 g/mol. The summed E-state index contributed by atoms with van der Waals surface area (Å²) in [7, 11) is 0. The van der Waals surface area contributed by atoms with E-state index >= 15 is 0 Å². The minimum absolute atomic E-state index is 0.0113. The summed E-state index contributed by atoms with van der Waals surface area (Å²) >= 11 is 0. The van der Waals surface area contributed by atoms with Crippen LogP contribution in [0.3, 0.4) is 0 Å². The van der Waals surface area contributed by atoms with Crippen molar-refractivity contribution >= 4 is 17.3 Å². The molecule has 0 unspecified atom stereocenters. The Bertz CT molecular complexity index is 962. The van der Waals surface area contributed by atoms with Crippen LogP contribution >= 0.6 is 0 Å². The van der Waals surface area contributed by atoms with Gasteiger partial charge in [-0.1, -0.05) is 0 Å². The van der Waals surface area contributed by atoms with E-state index in [1.165, 1.54) is 31.3 Å². The summed E-state index contributed by atoms with van der Waals surface area (Å²) in [6.07, 6.45) is 18.5. The number of carbonyl (C=O) groups excluding carboxylic acids is 1. The molecule has 0 bridgehead atoms. The van der Waals surface area contributed by atoms with Crippen LogP contribution in [0.4, 0.5) is 11.4 Å². The van der Waals surface area contributed by atoms with Crippen LogP contribution in [0.25, 0.3) is 0 Å². The highest BCUT2D eigenvalue weighted by Gasteiger charge is 2.33. The Morgan fingerprint density at radius 3 is 2.59 bits per heavy atom. The van der Waals surface area contributed by atoms with E-state index in [1.54, 1.807) is 24.8 Å². The molecule has 5 rings (SSSR count). The molecule has 2 N–H and O–H groups in total. The van der Waals surface area contributed by atoms with E-state index in [2.05, 4.69) is 42.6 Å². The maximum absolute atomic E-state index is 12.9. The summed E-state index contributed by atoms with van der Waals surface area (Å²) in [6, 6.07) is 2.13. The zero-order chi connectivity index (χ0) is 19.6. The van der Waals surface area contributed by atoms with Crippen LogP contribution in [0, 0.1) is 5.92 Å². The standard InChI is InChI=1S/C22H24N6O/c29-22(27-16-2-1-3-16)19-8-9-23-12-21(19)28-13-17(6-7-20(28)15-4-5-15)26-18-10-24-14-25-11-18/h6-12,14-16,26H,1-5,13H2,(H,27,29). The number of anilines is 2. The number of hydrogen-bond acceptors (Lipinski definition) is 6. The van der Waals surface area contributed by atoms with Crippen molar-refractivity contribution in [2.75, 3.05) is 16.8 Å². The van der Waals surface area contributed by atoms with Crippen molar-refractivity contribution in [3.8, 4) is 0 Å². The van der Waals surface area contributed by atoms with E-state index in [-0.39, 0.29) is 5.91 Å². The van der Waals surface area contributed by atoms with E-state index in [4.69, 9.17) is 0 Å². The van der Waals surface area contributed by atoms with Crippen LogP contribution in [-0.2, 0) is 0 Å². The van der Waals surface area contributed by atoms with Crippen molar-refractivity contribution in [3.05, 3.63) is 66.3 Å². The summed E-state index contributed by atoms with van der Waals surface area (Å²) < 4.78 is 0. The van der Waals surface area contributed by atoms with Crippen LogP contribution in [0.15, 0.2) is 60.7 Å². The van der Waals surface area contributed by atoms with E-state index in [1.807, 2.05) is 6.07 Å². The van der Waals surface area contributed by atoms with Crippen molar-refractivity contribution in [2.24, 2.45) is 5.92 Å². The van der Waals surface area contributed by atoms with Crippen molar-refractivity contribution in [1.29, 1.82) is 0 Å². The molecule has 7 nitrogen and oxygen atoms in total. The first kappa shape index (κ1) is 17.8. The van der Waals surface area contributed by atoms with Crippen molar-refractivity contribution < 1.29 is 4.79 Å². The van der Waals surface area contributed by atoms with Gasteiger partial charge in [0.15, 0.2) is 0 Å². The molecule has 2 aromatic rings. The minimum atomic E-state index is -0.0113. The predicted molar refractivity (Wildman–Crippen MR) is 111 cm³/mol. The molecule has 2 fully saturated rings. The molecule has 0 saturated heterocycles. The van der Waals surface area contributed by atoms with E-state index in [0.717, 1.165) is 29.9 Å². The molecule has 2 aliphatic carbocycles. The van der Waals surface area contributed by atoms with Crippen molar-refractivity contribution in [2.45, 2.75) is 38.1 Å². The van der Waals surface area contributed by atoms with Gasteiger partial charge in [-0.3, -0.25) is 9.78 Å². The number of hydrogen-bond donors (Lipinski definition) is 2. The van der Waals surface area contributed by atoms with Gasteiger partial charge in [-0.05, 0) is 56.2 Å². The first-order valence-corrected chi connectivity index (χ1v) is 10.2. The van der Waals surface area contributed by atoms with Crippen LogP contribution in [0.2, 0.25) is 0 Å². The third-order valence-electron chi connectivity index (χ3n) is 5.73. The van der Waals surface area contributed by atoms with Gasteiger partial charge in [0.1, 0.15) is 6.33 Å².